The van der Waals surface area contributed by atoms with E-state index in [1.807, 2.05) is 0 Å². The van der Waals surface area contributed by atoms with Crippen LogP contribution in [0.4, 0.5) is 0 Å². The predicted octanol–water partition coefficient (Wildman–Crippen LogP) is -0.223. The highest BCUT2D eigenvalue weighted by Gasteiger charge is 2.40. The molecule has 0 radical (unpaired) electrons. The van der Waals surface area contributed by atoms with Crippen molar-refractivity contribution in [3.8, 4) is 0 Å². The highest BCUT2D eigenvalue weighted by molar-refractivity contribution is 5.90. The molecule has 1 N–H and O–H groups in total. The van der Waals surface area contributed by atoms with E-state index in [2.05, 4.69) is 5.32 Å². The smallest absolute Gasteiger partial charge is 0.245 e. The Morgan fingerprint density at radius 2 is 2.05 bits per heavy atom. The molecule has 2 aliphatic rings. The maximum Gasteiger partial charge on any atom is 0.245 e. The third kappa shape index (κ3) is 4.18. The summed E-state index contributed by atoms with van der Waals surface area (Å²) in [6.45, 7) is 2.60. The summed E-state index contributed by atoms with van der Waals surface area (Å²) < 4.78 is 10.3. The minimum atomic E-state index is -0.311. The van der Waals surface area contributed by atoms with E-state index >= 15 is 0 Å². The minimum absolute atomic E-state index is 0.0203. The molecule has 0 aromatic carbocycles. The van der Waals surface area contributed by atoms with Gasteiger partial charge in [0.1, 0.15) is 6.04 Å². The number of nitrogens with zero attached hydrogens (tertiary/aromatic N) is 1. The summed E-state index contributed by atoms with van der Waals surface area (Å²) in [7, 11) is 1.62. The largest absolute Gasteiger partial charge is 0.382 e. The molecule has 19 heavy (non-hydrogen) atoms. The molecule has 108 valence electrons. The lowest BCUT2D eigenvalue weighted by Crippen LogP contribution is -2.46. The first kappa shape index (κ1) is 14.3. The van der Waals surface area contributed by atoms with Gasteiger partial charge in [0.2, 0.25) is 11.8 Å². The van der Waals surface area contributed by atoms with Gasteiger partial charge in [-0.3, -0.25) is 9.59 Å². The van der Waals surface area contributed by atoms with Gasteiger partial charge in [0.15, 0.2) is 0 Å². The van der Waals surface area contributed by atoms with Gasteiger partial charge in [0.05, 0.1) is 19.8 Å². The van der Waals surface area contributed by atoms with Crippen LogP contribution in [0, 0.1) is 5.92 Å². The Morgan fingerprint density at radius 3 is 2.74 bits per heavy atom. The Kier molecular flexibility index (Phi) is 5.15. The van der Waals surface area contributed by atoms with Crippen LogP contribution in [-0.2, 0) is 19.1 Å². The van der Waals surface area contributed by atoms with Crippen LogP contribution in [0.5, 0.6) is 0 Å². The summed E-state index contributed by atoms with van der Waals surface area (Å²) in [5, 5.41) is 2.84. The summed E-state index contributed by atoms with van der Waals surface area (Å²) in [5.41, 5.74) is 0. The van der Waals surface area contributed by atoms with Crippen molar-refractivity contribution >= 4 is 11.8 Å². The van der Waals surface area contributed by atoms with Crippen molar-refractivity contribution in [2.24, 2.45) is 5.92 Å². The van der Waals surface area contributed by atoms with E-state index in [9.17, 15) is 9.59 Å². The SMILES string of the molecule is COCCOCCN1CCC(=O)NC(C2CC2)C1=O. The maximum atomic E-state index is 12.3. The molecule has 1 heterocycles. The van der Waals surface area contributed by atoms with Crippen molar-refractivity contribution in [3.63, 3.8) is 0 Å². The number of hydrogen-bond donors (Lipinski definition) is 1. The topological polar surface area (TPSA) is 67.9 Å². The molecule has 0 aromatic heterocycles. The van der Waals surface area contributed by atoms with Crippen LogP contribution in [-0.4, -0.2) is 62.8 Å². The Hall–Kier alpha value is -1.14. The molecule has 1 unspecified atom stereocenters. The quantitative estimate of drug-likeness (QED) is 0.649. The van der Waals surface area contributed by atoms with Crippen LogP contribution in [0.3, 0.4) is 0 Å². The van der Waals surface area contributed by atoms with Crippen molar-refractivity contribution in [1.29, 1.82) is 0 Å². The Morgan fingerprint density at radius 1 is 1.26 bits per heavy atom. The number of carbonyl (C=O) groups is 2. The molecule has 1 saturated carbocycles. The third-order valence-electron chi connectivity index (χ3n) is 3.53. The van der Waals surface area contributed by atoms with Gasteiger partial charge in [-0.05, 0) is 18.8 Å². The molecule has 0 aromatic rings. The van der Waals surface area contributed by atoms with Crippen molar-refractivity contribution in [2.75, 3.05) is 40.0 Å². The first-order valence-electron chi connectivity index (χ1n) is 6.87. The number of methoxy groups -OCH3 is 1. The standard InChI is InChI=1S/C13H22N2O4/c1-18-8-9-19-7-6-15-5-4-11(16)14-12(13(15)17)10-2-3-10/h10,12H,2-9H2,1H3,(H,14,16). The van der Waals surface area contributed by atoms with Crippen molar-refractivity contribution in [2.45, 2.75) is 25.3 Å². The van der Waals surface area contributed by atoms with Crippen molar-refractivity contribution < 1.29 is 19.1 Å². The predicted molar refractivity (Wildman–Crippen MR) is 68.5 cm³/mol. The van der Waals surface area contributed by atoms with Gasteiger partial charge in [-0.15, -0.1) is 0 Å². The molecule has 2 fully saturated rings. The molecule has 2 rings (SSSR count). The van der Waals surface area contributed by atoms with Crippen LogP contribution < -0.4 is 5.32 Å². The number of ether oxygens (including phenoxy) is 2. The minimum Gasteiger partial charge on any atom is -0.382 e. The molecule has 6 heteroatoms. The number of carbonyl (C=O) groups excluding carboxylic acids is 2. The zero-order chi connectivity index (χ0) is 13.7. The van der Waals surface area contributed by atoms with Crippen LogP contribution in [0.25, 0.3) is 0 Å². The second kappa shape index (κ2) is 6.86. The average molecular weight is 270 g/mol. The number of nitrogens with one attached hydrogen (secondary N) is 1. The first-order chi connectivity index (χ1) is 9.22. The van der Waals surface area contributed by atoms with E-state index in [0.29, 0.717) is 45.2 Å². The molecule has 2 amide bonds. The van der Waals surface area contributed by atoms with Crippen LogP contribution >= 0.6 is 0 Å². The van der Waals surface area contributed by atoms with Crippen LogP contribution in [0.2, 0.25) is 0 Å². The monoisotopic (exact) mass is 270 g/mol. The van der Waals surface area contributed by atoms with E-state index in [1.165, 1.54) is 0 Å². The lowest BCUT2D eigenvalue weighted by molar-refractivity contribution is -0.134. The van der Waals surface area contributed by atoms with Crippen molar-refractivity contribution in [1.82, 2.24) is 10.2 Å². The molecule has 1 saturated heterocycles. The summed E-state index contributed by atoms with van der Waals surface area (Å²) >= 11 is 0. The molecule has 0 spiro atoms. The van der Waals surface area contributed by atoms with Gasteiger partial charge in [-0.2, -0.15) is 0 Å². The average Bonchev–Trinajstić information content (AvgIpc) is 3.22. The Balaban J connectivity index is 1.80. The fourth-order valence-electron chi connectivity index (χ4n) is 2.24. The first-order valence-corrected chi connectivity index (χ1v) is 6.87. The Bertz CT molecular complexity index is 331. The summed E-state index contributed by atoms with van der Waals surface area (Å²) in [6, 6.07) is -0.311. The van der Waals surface area contributed by atoms with E-state index in [1.54, 1.807) is 12.0 Å². The van der Waals surface area contributed by atoms with E-state index in [0.717, 1.165) is 12.8 Å². The molecule has 6 nitrogen and oxygen atoms in total. The maximum absolute atomic E-state index is 12.3. The summed E-state index contributed by atoms with van der Waals surface area (Å²) in [5.74, 6) is 0.364. The highest BCUT2D eigenvalue weighted by atomic mass is 16.5. The molecular weight excluding hydrogens is 248 g/mol. The molecule has 1 atom stereocenters. The lowest BCUT2D eigenvalue weighted by atomic mass is 10.1. The zero-order valence-corrected chi connectivity index (χ0v) is 11.4. The van der Waals surface area contributed by atoms with Gasteiger partial charge in [-0.1, -0.05) is 0 Å². The van der Waals surface area contributed by atoms with E-state index < -0.39 is 0 Å². The molecule has 0 bridgehead atoms. The summed E-state index contributed by atoms with van der Waals surface area (Å²) in [4.78, 5) is 25.7. The van der Waals surface area contributed by atoms with Crippen LogP contribution in [0.15, 0.2) is 0 Å². The molecule has 1 aliphatic heterocycles. The fraction of sp³-hybridized carbons (Fsp3) is 0.846. The van der Waals surface area contributed by atoms with E-state index in [-0.39, 0.29) is 17.9 Å². The Labute approximate surface area is 113 Å². The normalized spacial score (nSPS) is 24.3. The lowest BCUT2D eigenvalue weighted by Gasteiger charge is -2.23. The summed E-state index contributed by atoms with van der Waals surface area (Å²) in [6.07, 6.45) is 2.46. The zero-order valence-electron chi connectivity index (χ0n) is 11.4. The molecule has 1 aliphatic carbocycles. The fourth-order valence-corrected chi connectivity index (χ4v) is 2.24. The molecular formula is C13H22N2O4. The van der Waals surface area contributed by atoms with Crippen molar-refractivity contribution in [3.05, 3.63) is 0 Å². The second-order valence-electron chi connectivity index (χ2n) is 5.06. The van der Waals surface area contributed by atoms with Crippen LogP contribution in [0.1, 0.15) is 19.3 Å². The number of rotatable bonds is 7. The highest BCUT2D eigenvalue weighted by Crippen LogP contribution is 2.34. The van der Waals surface area contributed by atoms with Gasteiger partial charge in [-0.25, -0.2) is 0 Å². The number of amides is 2. The van der Waals surface area contributed by atoms with E-state index in [4.69, 9.17) is 9.47 Å². The van der Waals surface area contributed by atoms with Gasteiger partial charge in [0.25, 0.3) is 0 Å². The number of hydrogen-bond acceptors (Lipinski definition) is 4. The third-order valence-corrected chi connectivity index (χ3v) is 3.53. The second-order valence-corrected chi connectivity index (χ2v) is 5.06. The van der Waals surface area contributed by atoms with Gasteiger partial charge >= 0.3 is 0 Å². The van der Waals surface area contributed by atoms with Gasteiger partial charge in [0, 0.05) is 26.6 Å². The van der Waals surface area contributed by atoms with Gasteiger partial charge < -0.3 is 19.7 Å².